The topological polar surface area (TPSA) is 322 Å². The third-order valence-corrected chi connectivity index (χ3v) is 22.4. The lowest BCUT2D eigenvalue weighted by Crippen LogP contribution is -2.26. The van der Waals surface area contributed by atoms with Gasteiger partial charge in [0.05, 0.1) is 116 Å². The Bertz CT molecular complexity index is 4850. The van der Waals surface area contributed by atoms with Crippen LogP contribution in [-0.2, 0) is 89.3 Å². The molecule has 0 saturated carbocycles. The highest BCUT2D eigenvalue weighted by Crippen LogP contribution is 2.51. The zero-order chi connectivity index (χ0) is 91.9. The van der Waals surface area contributed by atoms with Gasteiger partial charge in [-0.05, 0) is 113 Å². The van der Waals surface area contributed by atoms with Crippen molar-refractivity contribution in [3.63, 3.8) is 0 Å². The number of thioether (sulfide) groups is 2. The number of carboxylic acid groups (broad SMARTS) is 1. The van der Waals surface area contributed by atoms with Crippen molar-refractivity contribution < 1.29 is 58.0 Å². The zero-order valence-corrected chi connectivity index (χ0v) is 77.4. The van der Waals surface area contributed by atoms with E-state index >= 15 is 0 Å². The lowest BCUT2D eigenvalue weighted by Gasteiger charge is -2.35. The molecule has 12 aromatic rings. The first-order valence-corrected chi connectivity index (χ1v) is 45.3. The number of anilines is 5. The average molecular weight is 1850 g/mol. The van der Waals surface area contributed by atoms with Crippen molar-refractivity contribution in [3.8, 4) is 0 Å². The SMILES string of the molecule is CN.CN(CCC(=O)O)c1ccnc(CSC(c2ccccc2)(c2ccccc2)c2ccccc2)c1.CNc1ccnc(CO)c1.COC(=O)CCN(C)c1ccnc(CCl)c1.COC(=O)CCN(C)c1ccnc(CO)c1.COC(=O)CCN(C)c1ccnc(CSC(c2ccccc2)(c2ccccc2)c2ccccc2)c1.O=S(Cl)Cl.OCc1cc(Cl)ccn1. The van der Waals surface area contributed by atoms with Crippen LogP contribution in [-0.4, -0.2) is 168 Å². The van der Waals surface area contributed by atoms with Crippen LogP contribution in [0.2, 0.25) is 5.02 Å². The molecule has 6 heterocycles. The number of hydrogen-bond donors (Lipinski definition) is 6. The lowest BCUT2D eigenvalue weighted by molar-refractivity contribution is -0.141. The zero-order valence-electron chi connectivity index (χ0n) is 72.0. The highest BCUT2D eigenvalue weighted by atomic mass is 36.0. The summed E-state index contributed by atoms with van der Waals surface area (Å²) < 4.78 is 22.2. The molecule has 668 valence electrons. The Morgan fingerprint density at radius 2 is 0.643 bits per heavy atom. The van der Waals surface area contributed by atoms with E-state index in [2.05, 4.69) is 253 Å². The van der Waals surface area contributed by atoms with E-state index in [0.29, 0.717) is 79.2 Å². The third-order valence-electron chi connectivity index (χ3n) is 18.7. The minimum absolute atomic E-state index is 0.00444. The standard InChI is InChI=1S/C30H30N2O2S.C29H28N2O2S.C11H15ClN2O2.C11H16N2O3.C7H10N2O.C6H6ClNO.CH5N.Cl2OS/c1-32(21-19-29(33)34-2)28-18-20-31-27(22-28)23-35-30(24-12-6-3-7-13-24,25-14-8-4-9-15-25)26-16-10-5-11-17-26;1-31(20-18-28(32)33)27-17-19-30-26(21-27)22-34-29(23-11-5-2-6-12-23,24-13-7-3-8-14-24)25-15-9-4-10-16-25;1-14(6-4-11(15)16-2)10-3-5-13-9(7-10)8-12;1-13(6-4-11(15)16-2)10-3-5-12-9(7-10)8-14;1-8-6-2-3-9-7(4-6)5-10;7-5-1-2-8-6(3-5)4-9;1-2;1-4(2)3/h3-18,20,22H,19,21,23H2,1-2H3;2-17,19,21H,18,20,22H2,1H3,(H,32,33);3,5,7H,4,6,8H2,1-2H3;3,5,7,14H,4,6,8H2,1-2H3;2-4,10H,5H2,1H3,(H,8,9);1-3,9H,4H2;2H2,1H3;. The Labute approximate surface area is 769 Å². The number of halogens is 4. The van der Waals surface area contributed by atoms with Crippen molar-refractivity contribution in [2.75, 3.05) is 115 Å². The molecule has 0 aliphatic rings. The number of nitrogens with two attached hydrogens (primary N) is 1. The Morgan fingerprint density at radius 3 is 0.905 bits per heavy atom. The number of aliphatic hydroxyl groups is 3. The molecule has 0 fully saturated rings. The van der Waals surface area contributed by atoms with Gasteiger partial charge in [0, 0.05) is 165 Å². The fourth-order valence-corrected chi connectivity index (χ4v) is 15.3. The summed E-state index contributed by atoms with van der Waals surface area (Å²) in [6, 6.07) is 86.3. The van der Waals surface area contributed by atoms with Crippen LogP contribution < -0.4 is 30.7 Å². The molecule has 31 heteroatoms. The van der Waals surface area contributed by atoms with E-state index in [0.717, 1.165) is 51.3 Å². The molecular formula is C95H110Cl4N12O12S3. The predicted molar refractivity (Wildman–Crippen MR) is 514 cm³/mol. The number of carboxylic acids is 1. The van der Waals surface area contributed by atoms with Crippen LogP contribution in [0.15, 0.2) is 292 Å². The fourth-order valence-electron chi connectivity index (χ4n) is 12.1. The number of pyridine rings is 6. The molecule has 0 bridgehead atoms. The summed E-state index contributed by atoms with van der Waals surface area (Å²) in [5.41, 5.74) is 21.4. The van der Waals surface area contributed by atoms with E-state index < -0.39 is 24.7 Å². The molecule has 24 nitrogen and oxygen atoms in total. The highest BCUT2D eigenvalue weighted by molar-refractivity contribution is 8.26. The number of carbonyl (C=O) groups is 4. The maximum atomic E-state index is 11.6. The number of benzene rings is 6. The van der Waals surface area contributed by atoms with Gasteiger partial charge in [0.25, 0.3) is 0 Å². The minimum Gasteiger partial charge on any atom is -0.481 e. The first-order chi connectivity index (χ1) is 61.0. The molecule has 0 saturated heterocycles. The van der Waals surface area contributed by atoms with E-state index in [1.807, 2.05) is 134 Å². The number of aliphatic hydroxyl groups excluding tert-OH is 3. The minimum atomic E-state index is -1.67. The number of rotatable bonds is 33. The second-order valence-electron chi connectivity index (χ2n) is 27.0. The van der Waals surface area contributed by atoms with Gasteiger partial charge in [-0.25, -0.2) is 4.21 Å². The van der Waals surface area contributed by atoms with Gasteiger partial charge < -0.3 is 65.3 Å². The number of aromatic nitrogens is 6. The molecule has 12 rings (SSSR count). The Morgan fingerprint density at radius 1 is 0.397 bits per heavy atom. The van der Waals surface area contributed by atoms with Gasteiger partial charge in [0.2, 0.25) is 9.23 Å². The molecule has 0 radical (unpaired) electrons. The van der Waals surface area contributed by atoms with Gasteiger partial charge in [-0.1, -0.05) is 194 Å². The van der Waals surface area contributed by atoms with E-state index in [9.17, 15) is 19.2 Å². The summed E-state index contributed by atoms with van der Waals surface area (Å²) in [6.07, 6.45) is 11.4. The van der Waals surface area contributed by atoms with Crippen molar-refractivity contribution in [2.45, 2.75) is 72.4 Å². The van der Waals surface area contributed by atoms with Gasteiger partial charge in [-0.15, -0.1) is 35.1 Å². The summed E-state index contributed by atoms with van der Waals surface area (Å²) in [6.45, 7) is 2.08. The summed E-state index contributed by atoms with van der Waals surface area (Å²) in [7, 11) is 22.6. The van der Waals surface area contributed by atoms with Crippen molar-refractivity contribution in [2.24, 2.45) is 5.73 Å². The second-order valence-corrected chi connectivity index (χ2v) is 32.6. The lowest BCUT2D eigenvalue weighted by atomic mass is 9.84. The average Bonchev–Trinajstić information content (AvgIpc) is 0.760. The van der Waals surface area contributed by atoms with Crippen LogP contribution in [0.5, 0.6) is 0 Å². The van der Waals surface area contributed by atoms with Gasteiger partial charge in [-0.3, -0.25) is 49.1 Å². The molecule has 0 spiro atoms. The summed E-state index contributed by atoms with van der Waals surface area (Å²) in [4.78, 5) is 77.5. The molecule has 6 aromatic heterocycles. The van der Waals surface area contributed by atoms with Gasteiger partial charge >= 0.3 is 23.9 Å². The van der Waals surface area contributed by atoms with Crippen LogP contribution >= 0.6 is 68.1 Å². The van der Waals surface area contributed by atoms with E-state index in [-0.39, 0.29) is 44.1 Å². The smallest absolute Gasteiger partial charge is 0.307 e. The van der Waals surface area contributed by atoms with Gasteiger partial charge in [-0.2, -0.15) is 0 Å². The van der Waals surface area contributed by atoms with Crippen molar-refractivity contribution >= 4 is 130 Å². The number of methoxy groups -OCH3 is 3. The third kappa shape index (κ3) is 36.5. The normalized spacial score (nSPS) is 10.4. The molecule has 6 aromatic carbocycles. The highest BCUT2D eigenvalue weighted by Gasteiger charge is 2.39. The maximum absolute atomic E-state index is 11.6. The second kappa shape index (κ2) is 59.8. The van der Waals surface area contributed by atoms with Crippen molar-refractivity contribution in [1.82, 2.24) is 29.9 Å². The number of hydrogen-bond acceptors (Lipinski definition) is 25. The Hall–Kier alpha value is -11.1. The quantitative estimate of drug-likeness (QED) is 0.00732. The summed E-state index contributed by atoms with van der Waals surface area (Å²) >= 11 is 15.0. The molecule has 0 atom stereocenters. The van der Waals surface area contributed by atoms with E-state index in [1.54, 1.807) is 55.2 Å². The molecular weight excluding hydrogens is 1740 g/mol. The fraction of sp³-hybridized carbons (Fsp3) is 0.263. The maximum Gasteiger partial charge on any atom is 0.307 e. The van der Waals surface area contributed by atoms with Crippen LogP contribution in [0.1, 0.15) is 93.2 Å². The monoisotopic (exact) mass is 1850 g/mol. The molecule has 0 unspecified atom stereocenters. The van der Waals surface area contributed by atoms with Gasteiger partial charge in [0.15, 0.2) is 0 Å². The molecule has 126 heavy (non-hydrogen) atoms. The van der Waals surface area contributed by atoms with Gasteiger partial charge in [0.1, 0.15) is 0 Å². The first kappa shape index (κ1) is 105. The van der Waals surface area contributed by atoms with Crippen LogP contribution in [0.3, 0.4) is 0 Å². The first-order valence-electron chi connectivity index (χ1n) is 39.6. The number of carbonyl (C=O) groups excluding carboxylic acids is 3. The largest absolute Gasteiger partial charge is 0.481 e. The summed E-state index contributed by atoms with van der Waals surface area (Å²) in [5.74, 6) is 0.354. The molecule has 0 aliphatic heterocycles. The Balaban J connectivity index is 0.000000283. The number of alkyl halides is 1. The number of esters is 3. The number of aliphatic carboxylic acids is 1. The van der Waals surface area contributed by atoms with Crippen LogP contribution in [0, 0.1) is 0 Å². The summed E-state index contributed by atoms with van der Waals surface area (Å²) in [5, 5.41) is 38.7. The van der Waals surface area contributed by atoms with Crippen molar-refractivity contribution in [3.05, 3.63) is 365 Å². The number of nitrogens with zero attached hydrogens (tertiary/aromatic N) is 10. The molecule has 0 aliphatic carbocycles. The molecule has 7 N–H and O–H groups in total. The van der Waals surface area contributed by atoms with Crippen molar-refractivity contribution in [1.29, 1.82) is 0 Å². The Kier molecular flexibility index (Phi) is 50.0. The number of ether oxygens (including phenoxy) is 3. The molecule has 0 amide bonds. The van der Waals surface area contributed by atoms with E-state index in [4.69, 9.17) is 52.6 Å². The van der Waals surface area contributed by atoms with Crippen LogP contribution in [0.4, 0.5) is 28.4 Å². The van der Waals surface area contributed by atoms with Crippen LogP contribution in [0.25, 0.3) is 0 Å². The van der Waals surface area contributed by atoms with E-state index in [1.165, 1.54) is 61.8 Å². The predicted octanol–water partition coefficient (Wildman–Crippen LogP) is 17.4. The number of nitrogens with one attached hydrogen (secondary N) is 1.